The van der Waals surface area contributed by atoms with Gasteiger partial charge in [-0.15, -0.1) is 0 Å². The summed E-state index contributed by atoms with van der Waals surface area (Å²) in [4.78, 5) is 24.3. The second-order valence-corrected chi connectivity index (χ2v) is 5.16. The van der Waals surface area contributed by atoms with Crippen LogP contribution in [0.15, 0.2) is 30.3 Å². The van der Waals surface area contributed by atoms with Gasteiger partial charge in [-0.2, -0.15) is 0 Å². The van der Waals surface area contributed by atoms with Crippen molar-refractivity contribution < 1.29 is 19.8 Å². The van der Waals surface area contributed by atoms with Crippen LogP contribution in [0.25, 0.3) is 6.08 Å². The molecule has 2 N–H and O–H groups in total. The maximum absolute atomic E-state index is 12.1. The van der Waals surface area contributed by atoms with Crippen LogP contribution in [0.2, 0.25) is 0 Å². The van der Waals surface area contributed by atoms with Crippen LogP contribution in [0.5, 0.6) is 0 Å². The van der Waals surface area contributed by atoms with Crippen LogP contribution in [-0.4, -0.2) is 45.7 Å². The quantitative estimate of drug-likeness (QED) is 0.819. The number of carbonyl (C=O) groups is 2. The fraction of sp³-hybridized carbons (Fsp3) is 0.375. The highest BCUT2D eigenvalue weighted by Gasteiger charge is 2.37. The van der Waals surface area contributed by atoms with E-state index in [1.54, 1.807) is 6.08 Å². The predicted octanol–water partition coefficient (Wildman–Crippen LogP) is 1.31. The molecule has 1 aromatic carbocycles. The van der Waals surface area contributed by atoms with E-state index in [2.05, 4.69) is 6.92 Å². The van der Waals surface area contributed by atoms with Crippen molar-refractivity contribution >= 4 is 18.0 Å². The monoisotopic (exact) mass is 289 g/mol. The van der Waals surface area contributed by atoms with Crippen molar-refractivity contribution in [1.29, 1.82) is 0 Å². The summed E-state index contributed by atoms with van der Waals surface area (Å²) in [6.07, 6.45) is 3.28. The molecule has 0 unspecified atom stereocenters. The molecule has 21 heavy (non-hydrogen) atoms. The van der Waals surface area contributed by atoms with Gasteiger partial charge < -0.3 is 15.1 Å². The third-order valence-electron chi connectivity index (χ3n) is 3.65. The topological polar surface area (TPSA) is 77.8 Å². The molecule has 0 aliphatic carbocycles. The smallest absolute Gasteiger partial charge is 0.326 e. The number of rotatable bonds is 4. The van der Waals surface area contributed by atoms with Crippen molar-refractivity contribution in [3.05, 3.63) is 41.5 Å². The van der Waals surface area contributed by atoms with Crippen LogP contribution in [0, 0.1) is 0 Å². The highest BCUT2D eigenvalue weighted by atomic mass is 16.4. The van der Waals surface area contributed by atoms with E-state index < -0.39 is 24.0 Å². The SMILES string of the molecule is CCc1ccc(C=CC(=O)N2C[C@H](O)C[C@H]2C(=O)O)cc1. The number of likely N-dealkylation sites (tertiary alicyclic amines) is 1. The van der Waals surface area contributed by atoms with E-state index in [1.165, 1.54) is 16.5 Å². The van der Waals surface area contributed by atoms with Gasteiger partial charge in [0, 0.05) is 19.0 Å². The molecule has 1 amide bonds. The lowest BCUT2D eigenvalue weighted by molar-refractivity contribution is -0.146. The summed E-state index contributed by atoms with van der Waals surface area (Å²) in [6, 6.07) is 6.86. The Morgan fingerprint density at radius 1 is 1.33 bits per heavy atom. The van der Waals surface area contributed by atoms with Gasteiger partial charge in [0.25, 0.3) is 0 Å². The first-order chi connectivity index (χ1) is 10.0. The van der Waals surface area contributed by atoms with Crippen molar-refractivity contribution in [3.63, 3.8) is 0 Å². The van der Waals surface area contributed by atoms with E-state index in [0.29, 0.717) is 0 Å². The number of benzene rings is 1. The molecule has 2 rings (SSSR count). The average Bonchev–Trinajstić information content (AvgIpc) is 2.87. The maximum atomic E-state index is 12.1. The number of hydrogen-bond donors (Lipinski definition) is 2. The van der Waals surface area contributed by atoms with Crippen molar-refractivity contribution in [2.75, 3.05) is 6.54 Å². The lowest BCUT2D eigenvalue weighted by Crippen LogP contribution is -2.39. The Morgan fingerprint density at radius 3 is 2.57 bits per heavy atom. The summed E-state index contributed by atoms with van der Waals surface area (Å²) in [5.41, 5.74) is 2.10. The highest BCUT2D eigenvalue weighted by Crippen LogP contribution is 2.19. The Labute approximate surface area is 123 Å². The number of hydrogen-bond acceptors (Lipinski definition) is 3. The number of carbonyl (C=O) groups excluding carboxylic acids is 1. The number of carboxylic acid groups (broad SMARTS) is 1. The average molecular weight is 289 g/mol. The number of carboxylic acids is 1. The normalized spacial score (nSPS) is 21.9. The summed E-state index contributed by atoms with van der Waals surface area (Å²) >= 11 is 0. The zero-order chi connectivity index (χ0) is 15.4. The van der Waals surface area contributed by atoms with Crippen molar-refractivity contribution in [2.45, 2.75) is 31.9 Å². The van der Waals surface area contributed by atoms with E-state index >= 15 is 0 Å². The zero-order valence-corrected chi connectivity index (χ0v) is 11.9. The molecular weight excluding hydrogens is 270 g/mol. The van der Waals surface area contributed by atoms with Gasteiger partial charge in [-0.1, -0.05) is 31.2 Å². The van der Waals surface area contributed by atoms with E-state index in [-0.39, 0.29) is 13.0 Å². The van der Waals surface area contributed by atoms with Gasteiger partial charge in [0.2, 0.25) is 5.91 Å². The predicted molar refractivity (Wildman–Crippen MR) is 78.6 cm³/mol. The van der Waals surface area contributed by atoms with Crippen LogP contribution in [-0.2, 0) is 16.0 Å². The molecule has 1 aliphatic rings. The van der Waals surface area contributed by atoms with Crippen LogP contribution in [0.4, 0.5) is 0 Å². The van der Waals surface area contributed by atoms with Gasteiger partial charge >= 0.3 is 5.97 Å². The van der Waals surface area contributed by atoms with Gasteiger partial charge in [0.1, 0.15) is 6.04 Å². The molecule has 112 valence electrons. The zero-order valence-electron chi connectivity index (χ0n) is 11.9. The second kappa shape index (κ2) is 6.54. The third-order valence-corrected chi connectivity index (χ3v) is 3.65. The highest BCUT2D eigenvalue weighted by molar-refractivity contribution is 5.94. The molecule has 1 fully saturated rings. The van der Waals surface area contributed by atoms with E-state index in [0.717, 1.165) is 12.0 Å². The molecule has 0 aromatic heterocycles. The molecule has 1 aromatic rings. The number of aliphatic hydroxyl groups excluding tert-OH is 1. The fourth-order valence-electron chi connectivity index (χ4n) is 2.42. The molecule has 5 nitrogen and oxygen atoms in total. The fourth-order valence-corrected chi connectivity index (χ4v) is 2.42. The largest absolute Gasteiger partial charge is 0.480 e. The molecular formula is C16H19NO4. The van der Waals surface area contributed by atoms with Gasteiger partial charge in [-0.25, -0.2) is 4.79 Å². The van der Waals surface area contributed by atoms with Crippen LogP contribution in [0.1, 0.15) is 24.5 Å². The number of aliphatic carboxylic acids is 1. The molecule has 1 saturated heterocycles. The van der Waals surface area contributed by atoms with Crippen LogP contribution >= 0.6 is 0 Å². The molecule has 0 saturated carbocycles. The Balaban J connectivity index is 2.05. The number of β-amino-alcohol motifs (C(OH)–C–C–N with tert-alkyl or cyclic N) is 1. The standard InChI is InChI=1S/C16H19NO4/c1-2-11-3-5-12(6-4-11)7-8-15(19)17-10-13(18)9-14(17)16(20)21/h3-8,13-14,18H,2,9-10H2,1H3,(H,20,21)/t13-,14+/m1/s1. The minimum absolute atomic E-state index is 0.0644. The van der Waals surface area contributed by atoms with Crippen molar-refractivity contribution in [1.82, 2.24) is 4.90 Å². The Kier molecular flexibility index (Phi) is 4.75. The number of amides is 1. The van der Waals surface area contributed by atoms with E-state index in [4.69, 9.17) is 5.11 Å². The molecule has 5 heteroatoms. The molecule has 0 radical (unpaired) electrons. The summed E-state index contributed by atoms with van der Waals surface area (Å²) in [5.74, 6) is -1.47. The summed E-state index contributed by atoms with van der Waals surface area (Å²) < 4.78 is 0. The summed E-state index contributed by atoms with van der Waals surface area (Å²) in [5, 5.41) is 18.6. The Hall–Kier alpha value is -2.14. The lowest BCUT2D eigenvalue weighted by Gasteiger charge is -2.19. The first-order valence-corrected chi connectivity index (χ1v) is 6.99. The lowest BCUT2D eigenvalue weighted by atomic mass is 10.1. The van der Waals surface area contributed by atoms with Crippen molar-refractivity contribution in [3.8, 4) is 0 Å². The number of aryl methyl sites for hydroxylation is 1. The molecule has 1 aliphatic heterocycles. The third kappa shape index (κ3) is 3.70. The van der Waals surface area contributed by atoms with E-state index in [9.17, 15) is 14.7 Å². The van der Waals surface area contributed by atoms with Crippen molar-refractivity contribution in [2.24, 2.45) is 0 Å². The molecule has 2 atom stereocenters. The first-order valence-electron chi connectivity index (χ1n) is 6.99. The second-order valence-electron chi connectivity index (χ2n) is 5.16. The first kappa shape index (κ1) is 15.3. The number of nitrogens with zero attached hydrogens (tertiary/aromatic N) is 1. The van der Waals surface area contributed by atoms with Crippen LogP contribution < -0.4 is 0 Å². The Bertz CT molecular complexity index is 550. The van der Waals surface area contributed by atoms with Crippen LogP contribution in [0.3, 0.4) is 0 Å². The summed E-state index contributed by atoms with van der Waals surface area (Å²) in [6.45, 7) is 2.13. The van der Waals surface area contributed by atoms with Gasteiger partial charge in [0.05, 0.1) is 6.10 Å². The molecule has 0 bridgehead atoms. The molecule has 1 heterocycles. The molecule has 0 spiro atoms. The van der Waals surface area contributed by atoms with Gasteiger partial charge in [-0.3, -0.25) is 4.79 Å². The van der Waals surface area contributed by atoms with Gasteiger partial charge in [0.15, 0.2) is 0 Å². The minimum atomic E-state index is -1.08. The Morgan fingerprint density at radius 2 is 2.00 bits per heavy atom. The minimum Gasteiger partial charge on any atom is -0.480 e. The van der Waals surface area contributed by atoms with E-state index in [1.807, 2.05) is 24.3 Å². The maximum Gasteiger partial charge on any atom is 0.326 e. The summed E-state index contributed by atoms with van der Waals surface area (Å²) in [7, 11) is 0. The van der Waals surface area contributed by atoms with Gasteiger partial charge in [-0.05, 0) is 23.6 Å². The number of aliphatic hydroxyl groups is 1.